The van der Waals surface area contributed by atoms with Crippen molar-refractivity contribution in [1.29, 1.82) is 0 Å². The number of carbonyl (C=O) groups excluding carboxylic acids is 1. The molecule has 110 valence electrons. The van der Waals surface area contributed by atoms with Crippen LogP contribution in [0, 0.1) is 5.92 Å². The smallest absolute Gasteiger partial charge is 0.321 e. The second kappa shape index (κ2) is 6.22. The Hall–Kier alpha value is -1.95. The molecule has 0 saturated heterocycles. The lowest BCUT2D eigenvalue weighted by molar-refractivity contribution is 0.246. The fraction of sp³-hybridized carbons (Fsp3) is 0.400. The summed E-state index contributed by atoms with van der Waals surface area (Å²) in [6, 6.07) is 9.81. The Kier molecular flexibility index (Phi) is 4.15. The number of aromatic nitrogens is 2. The summed E-state index contributed by atoms with van der Waals surface area (Å²) in [5.41, 5.74) is 0.951. The van der Waals surface area contributed by atoms with E-state index in [4.69, 9.17) is 0 Å². The van der Waals surface area contributed by atoms with Crippen LogP contribution in [-0.2, 0) is 0 Å². The molecule has 1 aromatic carbocycles. The molecule has 0 unspecified atom stereocenters. The van der Waals surface area contributed by atoms with Crippen LogP contribution in [0.5, 0.6) is 0 Å². The van der Waals surface area contributed by atoms with Crippen LogP contribution >= 0.6 is 11.5 Å². The second-order valence-electron chi connectivity index (χ2n) is 5.40. The van der Waals surface area contributed by atoms with Crippen LogP contribution in [0.1, 0.15) is 26.2 Å². The first-order valence-electron chi connectivity index (χ1n) is 7.19. The highest BCUT2D eigenvalue weighted by molar-refractivity contribution is 7.10. The number of rotatable bonds is 3. The van der Waals surface area contributed by atoms with Gasteiger partial charge in [-0.15, -0.1) is 0 Å². The fourth-order valence-corrected chi connectivity index (χ4v) is 3.22. The van der Waals surface area contributed by atoms with E-state index in [2.05, 4.69) is 26.9 Å². The largest absolute Gasteiger partial charge is 0.335 e. The van der Waals surface area contributed by atoms with Crippen LogP contribution in [0.4, 0.5) is 9.93 Å². The third kappa shape index (κ3) is 3.39. The van der Waals surface area contributed by atoms with Crippen LogP contribution in [-0.4, -0.2) is 21.4 Å². The minimum absolute atomic E-state index is 0.190. The minimum Gasteiger partial charge on any atom is -0.335 e. The van der Waals surface area contributed by atoms with E-state index in [1.807, 2.05) is 30.3 Å². The monoisotopic (exact) mass is 302 g/mol. The van der Waals surface area contributed by atoms with Crippen molar-refractivity contribution in [3.05, 3.63) is 30.3 Å². The van der Waals surface area contributed by atoms with Gasteiger partial charge in [0.05, 0.1) is 0 Å². The van der Waals surface area contributed by atoms with Crippen molar-refractivity contribution < 1.29 is 4.79 Å². The summed E-state index contributed by atoms with van der Waals surface area (Å²) >= 11 is 1.20. The summed E-state index contributed by atoms with van der Waals surface area (Å²) in [5, 5.41) is 6.31. The highest BCUT2D eigenvalue weighted by atomic mass is 32.1. The van der Waals surface area contributed by atoms with Gasteiger partial charge in [0, 0.05) is 23.1 Å². The zero-order chi connectivity index (χ0) is 14.7. The van der Waals surface area contributed by atoms with E-state index in [0.717, 1.165) is 12.0 Å². The van der Waals surface area contributed by atoms with Crippen molar-refractivity contribution in [2.24, 2.45) is 5.92 Å². The molecule has 5 nitrogen and oxygen atoms in total. The highest BCUT2D eigenvalue weighted by Crippen LogP contribution is 2.25. The van der Waals surface area contributed by atoms with E-state index in [0.29, 0.717) is 16.9 Å². The van der Waals surface area contributed by atoms with E-state index in [9.17, 15) is 4.79 Å². The Morgan fingerprint density at radius 2 is 2.10 bits per heavy atom. The number of urea groups is 1. The van der Waals surface area contributed by atoms with E-state index in [-0.39, 0.29) is 12.1 Å². The Morgan fingerprint density at radius 1 is 1.29 bits per heavy atom. The Balaban J connectivity index is 1.61. The number of carbonyl (C=O) groups is 1. The number of hydrogen-bond acceptors (Lipinski definition) is 4. The van der Waals surface area contributed by atoms with Gasteiger partial charge in [0.1, 0.15) is 0 Å². The summed E-state index contributed by atoms with van der Waals surface area (Å²) < 4.78 is 4.27. The third-order valence-corrected chi connectivity index (χ3v) is 4.49. The standard InChI is InChI=1S/C15H18N4OS/c1-10-6-5-9-12(10)16-14(20)18-15-17-13(19-21-15)11-7-3-2-4-8-11/h2-4,7-8,10,12H,5-6,9H2,1H3,(H2,16,17,18,19,20)/t10-,12+/m0/s1. The number of benzene rings is 1. The van der Waals surface area contributed by atoms with E-state index < -0.39 is 0 Å². The Labute approximate surface area is 128 Å². The lowest BCUT2D eigenvalue weighted by atomic mass is 10.1. The quantitative estimate of drug-likeness (QED) is 0.911. The van der Waals surface area contributed by atoms with Gasteiger partial charge in [-0.2, -0.15) is 9.36 Å². The van der Waals surface area contributed by atoms with Gasteiger partial charge in [0.2, 0.25) is 5.13 Å². The average molecular weight is 302 g/mol. The van der Waals surface area contributed by atoms with Crippen LogP contribution in [0.25, 0.3) is 11.4 Å². The molecular formula is C15H18N4OS. The van der Waals surface area contributed by atoms with E-state index >= 15 is 0 Å². The number of hydrogen-bond donors (Lipinski definition) is 2. The summed E-state index contributed by atoms with van der Waals surface area (Å²) in [5.74, 6) is 1.19. The molecule has 1 saturated carbocycles. The molecule has 2 atom stereocenters. The second-order valence-corrected chi connectivity index (χ2v) is 6.15. The van der Waals surface area contributed by atoms with Gasteiger partial charge < -0.3 is 5.32 Å². The molecule has 1 aliphatic carbocycles. The molecule has 3 rings (SSSR count). The van der Waals surface area contributed by atoms with Crippen molar-refractivity contribution >= 4 is 22.7 Å². The van der Waals surface area contributed by atoms with Crippen LogP contribution in [0.2, 0.25) is 0 Å². The Bertz CT molecular complexity index is 613. The number of nitrogens with one attached hydrogen (secondary N) is 2. The maximum absolute atomic E-state index is 12.0. The normalized spacial score (nSPS) is 21.2. The van der Waals surface area contributed by atoms with Crippen molar-refractivity contribution in [2.45, 2.75) is 32.2 Å². The zero-order valence-corrected chi connectivity index (χ0v) is 12.7. The first-order valence-corrected chi connectivity index (χ1v) is 7.96. The van der Waals surface area contributed by atoms with E-state index in [1.54, 1.807) is 0 Å². The number of nitrogens with zero attached hydrogens (tertiary/aromatic N) is 2. The van der Waals surface area contributed by atoms with Crippen LogP contribution < -0.4 is 10.6 Å². The molecule has 1 fully saturated rings. The molecular weight excluding hydrogens is 284 g/mol. The third-order valence-electron chi connectivity index (χ3n) is 3.86. The van der Waals surface area contributed by atoms with Crippen molar-refractivity contribution in [2.75, 3.05) is 5.32 Å². The summed E-state index contributed by atoms with van der Waals surface area (Å²) in [6.07, 6.45) is 3.42. The van der Waals surface area contributed by atoms with Gasteiger partial charge in [-0.3, -0.25) is 5.32 Å². The first kappa shape index (κ1) is 14.0. The lowest BCUT2D eigenvalue weighted by Gasteiger charge is -2.16. The topological polar surface area (TPSA) is 66.9 Å². The Morgan fingerprint density at radius 3 is 2.81 bits per heavy atom. The molecule has 2 amide bonds. The van der Waals surface area contributed by atoms with Crippen LogP contribution in [0.3, 0.4) is 0 Å². The molecule has 1 heterocycles. The summed E-state index contributed by atoms with van der Waals surface area (Å²) in [6.45, 7) is 2.18. The molecule has 1 aromatic heterocycles. The van der Waals surface area contributed by atoms with Crippen molar-refractivity contribution in [1.82, 2.24) is 14.7 Å². The maximum Gasteiger partial charge on any atom is 0.321 e. The fourth-order valence-electron chi connectivity index (χ4n) is 2.64. The first-order chi connectivity index (χ1) is 10.2. The molecule has 0 spiro atoms. The molecule has 1 aliphatic rings. The molecule has 2 aromatic rings. The van der Waals surface area contributed by atoms with Crippen LogP contribution in [0.15, 0.2) is 30.3 Å². The summed E-state index contributed by atoms with van der Waals surface area (Å²) in [7, 11) is 0. The van der Waals surface area contributed by atoms with Gasteiger partial charge in [0.25, 0.3) is 0 Å². The zero-order valence-electron chi connectivity index (χ0n) is 11.9. The number of anilines is 1. The molecule has 0 bridgehead atoms. The SMILES string of the molecule is C[C@H]1CCC[C@H]1NC(=O)Nc1nc(-c2ccccc2)ns1. The van der Waals surface area contributed by atoms with Crippen molar-refractivity contribution in [3.8, 4) is 11.4 Å². The number of amides is 2. The van der Waals surface area contributed by atoms with Gasteiger partial charge in [-0.25, -0.2) is 4.79 Å². The average Bonchev–Trinajstić information content (AvgIpc) is 3.10. The van der Waals surface area contributed by atoms with Gasteiger partial charge in [0.15, 0.2) is 5.82 Å². The summed E-state index contributed by atoms with van der Waals surface area (Å²) in [4.78, 5) is 16.3. The van der Waals surface area contributed by atoms with E-state index in [1.165, 1.54) is 24.4 Å². The minimum atomic E-state index is -0.190. The molecule has 0 aliphatic heterocycles. The molecule has 0 radical (unpaired) electrons. The molecule has 2 N–H and O–H groups in total. The van der Waals surface area contributed by atoms with Gasteiger partial charge in [-0.05, 0) is 18.8 Å². The highest BCUT2D eigenvalue weighted by Gasteiger charge is 2.25. The lowest BCUT2D eigenvalue weighted by Crippen LogP contribution is -2.39. The molecule has 6 heteroatoms. The predicted molar refractivity (Wildman–Crippen MR) is 84.3 cm³/mol. The maximum atomic E-state index is 12.0. The van der Waals surface area contributed by atoms with Crippen molar-refractivity contribution in [3.63, 3.8) is 0 Å². The predicted octanol–water partition coefficient (Wildman–Crippen LogP) is 3.52. The van der Waals surface area contributed by atoms with Gasteiger partial charge in [-0.1, -0.05) is 43.7 Å². The molecule has 21 heavy (non-hydrogen) atoms. The van der Waals surface area contributed by atoms with Gasteiger partial charge >= 0.3 is 6.03 Å².